The Hall–Kier alpha value is -2.44. The molecule has 0 fully saturated rings. The molecule has 2 aromatic carbocycles. The van der Waals surface area contributed by atoms with Crippen molar-refractivity contribution in [3.05, 3.63) is 80.8 Å². The number of nitrogens with zero attached hydrogens (tertiary/aromatic N) is 1. The summed E-state index contributed by atoms with van der Waals surface area (Å²) in [7, 11) is -3.31. The van der Waals surface area contributed by atoms with Gasteiger partial charge in [-0.3, -0.25) is 4.72 Å². The summed E-state index contributed by atoms with van der Waals surface area (Å²) in [6, 6.07) is 13.9. The van der Waals surface area contributed by atoms with Gasteiger partial charge in [0.1, 0.15) is 0 Å². The molecule has 0 bridgehead atoms. The molecule has 0 saturated carbocycles. The summed E-state index contributed by atoms with van der Waals surface area (Å²) < 4.78 is 25.7. The zero-order valence-electron chi connectivity index (χ0n) is 15.2. The first kappa shape index (κ1) is 17.9. The SMILES string of the molecule is Cc1cccc2c1/C(=C/c1cccc(NS(C)(=O)=O)c1)c1scnc1CC2. The van der Waals surface area contributed by atoms with Gasteiger partial charge in [0, 0.05) is 11.3 Å². The van der Waals surface area contributed by atoms with Gasteiger partial charge in [-0.1, -0.05) is 30.3 Å². The van der Waals surface area contributed by atoms with E-state index in [-0.39, 0.29) is 0 Å². The van der Waals surface area contributed by atoms with Gasteiger partial charge in [0.15, 0.2) is 0 Å². The number of sulfonamides is 1. The standard InChI is InChI=1S/C21H20N2O2S2/c1-14-5-3-7-16-9-10-19-21(26-13-22-19)18(20(14)16)12-15-6-4-8-17(11-15)23-27(2,24)25/h3-8,11-13,23H,9-10H2,1-2H3/b18-12-. The molecule has 6 heteroatoms. The van der Waals surface area contributed by atoms with E-state index >= 15 is 0 Å². The zero-order chi connectivity index (χ0) is 19.0. The Morgan fingerprint density at radius 1 is 1.15 bits per heavy atom. The molecule has 0 amide bonds. The minimum absolute atomic E-state index is 0.565. The molecule has 0 aliphatic heterocycles. The van der Waals surface area contributed by atoms with Crippen molar-refractivity contribution in [2.45, 2.75) is 19.8 Å². The molecular weight excluding hydrogens is 376 g/mol. The maximum Gasteiger partial charge on any atom is 0.229 e. The number of nitrogens with one attached hydrogen (secondary N) is 1. The minimum atomic E-state index is -3.31. The Kier molecular flexibility index (Phi) is 4.61. The fourth-order valence-corrected chi connectivity index (χ4v) is 4.98. The van der Waals surface area contributed by atoms with E-state index in [1.165, 1.54) is 21.6 Å². The van der Waals surface area contributed by atoms with Crippen molar-refractivity contribution in [1.29, 1.82) is 0 Å². The highest BCUT2D eigenvalue weighted by molar-refractivity contribution is 7.92. The third-order valence-electron chi connectivity index (χ3n) is 4.65. The monoisotopic (exact) mass is 396 g/mol. The highest BCUT2D eigenvalue weighted by Gasteiger charge is 2.21. The molecular formula is C21H20N2O2S2. The first-order chi connectivity index (χ1) is 12.9. The predicted octanol–water partition coefficient (Wildman–Crippen LogP) is 4.51. The third kappa shape index (κ3) is 3.82. The Bertz CT molecular complexity index is 1140. The maximum absolute atomic E-state index is 11.6. The van der Waals surface area contributed by atoms with E-state index in [4.69, 9.17) is 0 Å². The molecule has 0 radical (unpaired) electrons. The van der Waals surface area contributed by atoms with Crippen molar-refractivity contribution in [2.24, 2.45) is 0 Å². The van der Waals surface area contributed by atoms with Gasteiger partial charge in [-0.05, 0) is 60.2 Å². The maximum atomic E-state index is 11.6. The average Bonchev–Trinajstić information content (AvgIpc) is 3.00. The number of rotatable bonds is 3. The van der Waals surface area contributed by atoms with E-state index in [0.717, 1.165) is 35.9 Å². The highest BCUT2D eigenvalue weighted by atomic mass is 32.2. The molecule has 1 aliphatic rings. The fourth-order valence-electron chi connectivity index (χ4n) is 3.57. The molecule has 4 rings (SSSR count). The van der Waals surface area contributed by atoms with Crippen LogP contribution in [0.1, 0.15) is 32.8 Å². The van der Waals surface area contributed by atoms with E-state index in [9.17, 15) is 8.42 Å². The Morgan fingerprint density at radius 2 is 1.96 bits per heavy atom. The van der Waals surface area contributed by atoms with Gasteiger partial charge < -0.3 is 0 Å². The molecule has 0 atom stereocenters. The highest BCUT2D eigenvalue weighted by Crippen LogP contribution is 2.38. The summed E-state index contributed by atoms with van der Waals surface area (Å²) >= 11 is 1.66. The van der Waals surface area contributed by atoms with E-state index in [2.05, 4.69) is 40.9 Å². The summed E-state index contributed by atoms with van der Waals surface area (Å²) in [6.45, 7) is 2.14. The topological polar surface area (TPSA) is 59.1 Å². The quantitative estimate of drug-likeness (QED) is 0.709. The minimum Gasteiger partial charge on any atom is -0.284 e. The second-order valence-electron chi connectivity index (χ2n) is 6.79. The number of hydrogen-bond acceptors (Lipinski definition) is 4. The molecule has 1 aliphatic carbocycles. The van der Waals surface area contributed by atoms with Gasteiger partial charge in [-0.2, -0.15) is 0 Å². The van der Waals surface area contributed by atoms with E-state index in [1.54, 1.807) is 17.4 Å². The molecule has 3 aromatic rings. The largest absolute Gasteiger partial charge is 0.284 e. The Morgan fingerprint density at radius 3 is 2.78 bits per heavy atom. The average molecular weight is 397 g/mol. The number of thiazole rings is 1. The van der Waals surface area contributed by atoms with Crippen molar-refractivity contribution in [1.82, 2.24) is 4.98 Å². The predicted molar refractivity (Wildman–Crippen MR) is 113 cm³/mol. The van der Waals surface area contributed by atoms with Crippen LogP contribution in [0, 0.1) is 6.92 Å². The van der Waals surface area contributed by atoms with Crippen LogP contribution >= 0.6 is 11.3 Å². The number of aromatic nitrogens is 1. The van der Waals surface area contributed by atoms with Crippen molar-refractivity contribution >= 4 is 38.7 Å². The zero-order valence-corrected chi connectivity index (χ0v) is 16.8. The van der Waals surface area contributed by atoms with Crippen LogP contribution in [0.15, 0.2) is 48.0 Å². The number of anilines is 1. The summed E-state index contributed by atoms with van der Waals surface area (Å²) in [4.78, 5) is 5.77. The summed E-state index contributed by atoms with van der Waals surface area (Å²) in [5, 5.41) is 0. The van der Waals surface area contributed by atoms with Crippen molar-refractivity contribution in [2.75, 3.05) is 11.0 Å². The van der Waals surface area contributed by atoms with Crippen molar-refractivity contribution in [3.63, 3.8) is 0 Å². The molecule has 27 heavy (non-hydrogen) atoms. The van der Waals surface area contributed by atoms with Gasteiger partial charge in [-0.15, -0.1) is 11.3 Å². The fraction of sp³-hybridized carbons (Fsp3) is 0.190. The molecule has 1 aromatic heterocycles. The third-order valence-corrected chi connectivity index (χ3v) is 6.15. The molecule has 4 nitrogen and oxygen atoms in total. The van der Waals surface area contributed by atoms with Gasteiger partial charge in [-0.25, -0.2) is 13.4 Å². The first-order valence-corrected chi connectivity index (χ1v) is 11.5. The molecule has 0 unspecified atom stereocenters. The molecule has 0 spiro atoms. The lowest BCUT2D eigenvalue weighted by Gasteiger charge is -2.13. The van der Waals surface area contributed by atoms with Crippen LogP contribution in [0.25, 0.3) is 11.6 Å². The van der Waals surface area contributed by atoms with Crippen molar-refractivity contribution < 1.29 is 8.42 Å². The lowest BCUT2D eigenvalue weighted by molar-refractivity contribution is 0.607. The van der Waals surface area contributed by atoms with Crippen LogP contribution in [0.2, 0.25) is 0 Å². The molecule has 138 valence electrons. The summed E-state index contributed by atoms with van der Waals surface area (Å²) in [5.41, 5.74) is 9.55. The van der Waals surface area contributed by atoms with Crippen LogP contribution in [0.3, 0.4) is 0 Å². The van der Waals surface area contributed by atoms with Crippen LogP contribution in [0.5, 0.6) is 0 Å². The number of aryl methyl sites for hydroxylation is 3. The lowest BCUT2D eigenvalue weighted by Crippen LogP contribution is -2.09. The first-order valence-electron chi connectivity index (χ1n) is 8.72. The molecule has 1 N–H and O–H groups in total. The van der Waals surface area contributed by atoms with Gasteiger partial charge in [0.25, 0.3) is 0 Å². The summed E-state index contributed by atoms with van der Waals surface area (Å²) in [6.07, 6.45) is 5.21. The summed E-state index contributed by atoms with van der Waals surface area (Å²) in [5.74, 6) is 0. The second-order valence-corrected chi connectivity index (χ2v) is 9.40. The smallest absolute Gasteiger partial charge is 0.229 e. The van der Waals surface area contributed by atoms with Crippen LogP contribution in [0.4, 0.5) is 5.69 Å². The van der Waals surface area contributed by atoms with Crippen LogP contribution < -0.4 is 4.72 Å². The Balaban J connectivity index is 1.88. The second kappa shape index (κ2) is 6.94. The molecule has 0 saturated heterocycles. The van der Waals surface area contributed by atoms with Crippen molar-refractivity contribution in [3.8, 4) is 0 Å². The normalized spacial score (nSPS) is 15.1. The van der Waals surface area contributed by atoms with Gasteiger partial charge in [0.05, 0.1) is 22.3 Å². The number of hydrogen-bond donors (Lipinski definition) is 1. The van der Waals surface area contributed by atoms with Crippen LogP contribution in [-0.4, -0.2) is 19.7 Å². The van der Waals surface area contributed by atoms with E-state index in [0.29, 0.717) is 5.69 Å². The lowest BCUT2D eigenvalue weighted by atomic mass is 9.93. The van der Waals surface area contributed by atoms with E-state index in [1.807, 2.05) is 23.7 Å². The van der Waals surface area contributed by atoms with E-state index < -0.39 is 10.0 Å². The number of benzene rings is 2. The molecule has 1 heterocycles. The van der Waals surface area contributed by atoms with Gasteiger partial charge in [0.2, 0.25) is 10.0 Å². The number of fused-ring (bicyclic) bond motifs is 2. The Labute approximate surface area is 163 Å². The van der Waals surface area contributed by atoms with Crippen LogP contribution in [-0.2, 0) is 22.9 Å². The van der Waals surface area contributed by atoms with Gasteiger partial charge >= 0.3 is 0 Å².